The molecule has 6 heteroatoms. The van der Waals surface area contributed by atoms with Crippen molar-refractivity contribution >= 4 is 0 Å². The Morgan fingerprint density at radius 1 is 1.28 bits per heavy atom. The van der Waals surface area contributed by atoms with Gasteiger partial charge < -0.3 is 10.0 Å². The zero-order chi connectivity index (χ0) is 12.7. The first-order valence-corrected chi connectivity index (χ1v) is 6.76. The Balaban J connectivity index is 1.62. The third-order valence-corrected chi connectivity index (χ3v) is 4.62. The largest absolute Gasteiger partial charge is 0.392 e. The first-order chi connectivity index (χ1) is 8.63. The summed E-state index contributed by atoms with van der Waals surface area (Å²) in [6, 6.07) is 1.33. The van der Waals surface area contributed by atoms with Gasteiger partial charge >= 0.3 is 0 Å². The van der Waals surface area contributed by atoms with Gasteiger partial charge in [-0.05, 0) is 43.9 Å². The average molecular weight is 251 g/mol. The number of aliphatic hydroxyl groups excluding tert-OH is 1. The minimum absolute atomic E-state index is 0.328. The first-order valence-electron chi connectivity index (χ1n) is 6.76. The van der Waals surface area contributed by atoms with E-state index in [1.54, 1.807) is 7.05 Å². The lowest BCUT2D eigenvalue weighted by Crippen LogP contribution is -2.43. The normalized spacial score (nSPS) is 33.8. The molecule has 1 aromatic heterocycles. The summed E-state index contributed by atoms with van der Waals surface area (Å²) in [7, 11) is 3.97. The molecule has 2 bridgehead atoms. The van der Waals surface area contributed by atoms with Gasteiger partial charge in [0.25, 0.3) is 0 Å². The van der Waals surface area contributed by atoms with Crippen LogP contribution in [-0.4, -0.2) is 55.4 Å². The highest BCUT2D eigenvalue weighted by Crippen LogP contribution is 2.39. The van der Waals surface area contributed by atoms with Crippen molar-refractivity contribution < 1.29 is 5.11 Å². The Kier molecular flexibility index (Phi) is 3.07. The van der Waals surface area contributed by atoms with E-state index >= 15 is 0 Å². The Hall–Kier alpha value is -1.01. The molecule has 0 amide bonds. The molecule has 0 radical (unpaired) electrons. The smallest absolute Gasteiger partial charge is 0.177 e. The monoisotopic (exact) mass is 251 g/mol. The topological polar surface area (TPSA) is 67.1 Å². The van der Waals surface area contributed by atoms with Crippen molar-refractivity contribution in [1.29, 1.82) is 0 Å². The molecular formula is C12H21N5O. The summed E-state index contributed by atoms with van der Waals surface area (Å²) in [5.41, 5.74) is 0. The number of aromatic nitrogens is 4. The van der Waals surface area contributed by atoms with Gasteiger partial charge in [-0.2, -0.15) is 4.80 Å². The van der Waals surface area contributed by atoms with Crippen molar-refractivity contribution in [2.45, 2.75) is 50.3 Å². The second-order valence-electron chi connectivity index (χ2n) is 5.75. The fourth-order valence-electron chi connectivity index (χ4n) is 3.53. The van der Waals surface area contributed by atoms with E-state index in [0.717, 1.165) is 12.8 Å². The van der Waals surface area contributed by atoms with E-state index in [-0.39, 0.29) is 6.10 Å². The molecule has 0 aliphatic carbocycles. The van der Waals surface area contributed by atoms with Crippen LogP contribution in [0.25, 0.3) is 0 Å². The van der Waals surface area contributed by atoms with Gasteiger partial charge in [-0.1, -0.05) is 0 Å². The molecule has 18 heavy (non-hydrogen) atoms. The summed E-state index contributed by atoms with van der Waals surface area (Å²) >= 11 is 0. The standard InChI is InChI=1S/C12H21N5O/c1-16-9-3-4-10(16)6-8(5-9)11(18)7-12-13-15-17(2)14-12/h8-11,18H,3-7H2,1-2H3. The van der Waals surface area contributed by atoms with E-state index in [4.69, 9.17) is 0 Å². The highest BCUT2D eigenvalue weighted by Gasteiger charge is 2.40. The Morgan fingerprint density at radius 3 is 2.50 bits per heavy atom. The van der Waals surface area contributed by atoms with Crippen molar-refractivity contribution in [1.82, 2.24) is 25.1 Å². The highest BCUT2D eigenvalue weighted by atomic mass is 16.3. The zero-order valence-electron chi connectivity index (χ0n) is 11.0. The van der Waals surface area contributed by atoms with Gasteiger partial charge in [-0.25, -0.2) is 0 Å². The SMILES string of the molecule is CN1C2CCC1CC(C(O)Cc1nnn(C)n1)C2. The van der Waals surface area contributed by atoms with Crippen LogP contribution in [0, 0.1) is 5.92 Å². The maximum Gasteiger partial charge on any atom is 0.177 e. The Bertz CT molecular complexity index is 406. The van der Waals surface area contributed by atoms with Gasteiger partial charge in [0, 0.05) is 18.5 Å². The van der Waals surface area contributed by atoms with Gasteiger partial charge in [0.05, 0.1) is 13.2 Å². The molecule has 3 rings (SSSR count). The molecule has 0 aromatic carbocycles. The van der Waals surface area contributed by atoms with E-state index in [9.17, 15) is 5.11 Å². The van der Waals surface area contributed by atoms with Crippen molar-refractivity contribution in [3.05, 3.63) is 5.82 Å². The zero-order valence-corrected chi connectivity index (χ0v) is 11.0. The van der Waals surface area contributed by atoms with E-state index in [1.807, 2.05) is 0 Å². The lowest BCUT2D eigenvalue weighted by atomic mass is 9.85. The van der Waals surface area contributed by atoms with Gasteiger partial charge in [0.2, 0.25) is 0 Å². The van der Waals surface area contributed by atoms with E-state index in [0.29, 0.717) is 30.2 Å². The quantitative estimate of drug-likeness (QED) is 0.818. The summed E-state index contributed by atoms with van der Waals surface area (Å²) in [6.07, 6.45) is 4.98. The molecule has 2 aliphatic heterocycles. The highest BCUT2D eigenvalue weighted by molar-refractivity contribution is 4.96. The molecule has 1 aromatic rings. The number of hydrogen-bond donors (Lipinski definition) is 1. The fraction of sp³-hybridized carbons (Fsp3) is 0.917. The third-order valence-electron chi connectivity index (χ3n) is 4.62. The molecule has 2 aliphatic rings. The number of hydrogen-bond acceptors (Lipinski definition) is 5. The van der Waals surface area contributed by atoms with Crippen molar-refractivity contribution in [3.63, 3.8) is 0 Å². The molecule has 1 N–H and O–H groups in total. The van der Waals surface area contributed by atoms with E-state index in [1.165, 1.54) is 17.6 Å². The molecule has 0 saturated carbocycles. The summed E-state index contributed by atoms with van der Waals surface area (Å²) in [5, 5.41) is 22.2. The van der Waals surface area contributed by atoms with Gasteiger partial charge in [0.1, 0.15) is 0 Å². The van der Waals surface area contributed by atoms with E-state index in [2.05, 4.69) is 27.4 Å². The summed E-state index contributed by atoms with van der Waals surface area (Å²) < 4.78 is 0. The lowest BCUT2D eigenvalue weighted by molar-refractivity contribution is 0.0357. The molecule has 6 nitrogen and oxygen atoms in total. The minimum atomic E-state index is -0.328. The molecule has 2 fully saturated rings. The molecule has 2 saturated heterocycles. The van der Waals surface area contributed by atoms with Crippen LogP contribution in [0.1, 0.15) is 31.5 Å². The summed E-state index contributed by atoms with van der Waals surface area (Å²) in [6.45, 7) is 0. The van der Waals surface area contributed by atoms with Crippen molar-refractivity contribution in [3.8, 4) is 0 Å². The summed E-state index contributed by atoms with van der Waals surface area (Å²) in [4.78, 5) is 3.93. The maximum atomic E-state index is 10.4. The average Bonchev–Trinajstić information content (AvgIpc) is 2.80. The van der Waals surface area contributed by atoms with Crippen LogP contribution in [0.4, 0.5) is 0 Å². The van der Waals surface area contributed by atoms with Crippen LogP contribution < -0.4 is 0 Å². The second-order valence-corrected chi connectivity index (χ2v) is 5.75. The van der Waals surface area contributed by atoms with Crippen molar-refractivity contribution in [2.75, 3.05) is 7.05 Å². The number of fused-ring (bicyclic) bond motifs is 2. The van der Waals surface area contributed by atoms with Crippen LogP contribution >= 0.6 is 0 Å². The molecule has 100 valence electrons. The van der Waals surface area contributed by atoms with E-state index < -0.39 is 0 Å². The van der Waals surface area contributed by atoms with Gasteiger partial charge in [-0.15, -0.1) is 10.2 Å². The molecule has 3 atom stereocenters. The molecule has 3 heterocycles. The lowest BCUT2D eigenvalue weighted by Gasteiger charge is -2.38. The Morgan fingerprint density at radius 2 is 1.94 bits per heavy atom. The number of piperidine rings is 1. The molecule has 3 unspecified atom stereocenters. The maximum absolute atomic E-state index is 10.4. The number of aliphatic hydroxyl groups is 1. The van der Waals surface area contributed by atoms with Gasteiger partial charge in [0.15, 0.2) is 5.82 Å². The molecular weight excluding hydrogens is 230 g/mol. The van der Waals surface area contributed by atoms with Crippen molar-refractivity contribution in [2.24, 2.45) is 13.0 Å². The molecule has 0 spiro atoms. The second kappa shape index (κ2) is 4.59. The first kappa shape index (κ1) is 12.0. The van der Waals surface area contributed by atoms with Crippen LogP contribution in [0.15, 0.2) is 0 Å². The number of nitrogens with zero attached hydrogens (tertiary/aromatic N) is 5. The Labute approximate surface area is 107 Å². The third kappa shape index (κ3) is 2.14. The number of aryl methyl sites for hydroxylation is 1. The van der Waals surface area contributed by atoms with Crippen LogP contribution in [-0.2, 0) is 13.5 Å². The van der Waals surface area contributed by atoms with Gasteiger partial charge in [-0.3, -0.25) is 0 Å². The fourth-order valence-corrected chi connectivity index (χ4v) is 3.53. The van der Waals surface area contributed by atoms with Crippen LogP contribution in [0.5, 0.6) is 0 Å². The predicted molar refractivity (Wildman–Crippen MR) is 65.8 cm³/mol. The minimum Gasteiger partial charge on any atom is -0.392 e. The number of rotatable bonds is 3. The van der Waals surface area contributed by atoms with Crippen LogP contribution in [0.3, 0.4) is 0 Å². The summed E-state index contributed by atoms with van der Waals surface area (Å²) in [5.74, 6) is 1.04. The number of tetrazole rings is 1. The predicted octanol–water partition coefficient (Wildman–Crippen LogP) is -0.0137. The van der Waals surface area contributed by atoms with Crippen LogP contribution in [0.2, 0.25) is 0 Å².